The number of rotatable bonds is 3. The lowest BCUT2D eigenvalue weighted by Crippen LogP contribution is -2.39. The monoisotopic (exact) mass is 388 g/mol. The number of H-pyrrole nitrogens is 1. The van der Waals surface area contributed by atoms with E-state index in [9.17, 15) is 4.79 Å². The molecule has 1 aliphatic rings. The second-order valence-corrected chi connectivity index (χ2v) is 7.76. The average Bonchev–Trinajstić information content (AvgIpc) is 3.34. The number of likely N-dealkylation sites (tertiary alicyclic amines) is 1. The summed E-state index contributed by atoms with van der Waals surface area (Å²) in [5, 5.41) is 1.02. The fraction of sp³-hybridized carbons (Fsp3) is 0.304. The van der Waals surface area contributed by atoms with Gasteiger partial charge in [-0.1, -0.05) is 0 Å². The first-order valence-corrected chi connectivity index (χ1v) is 10.0. The largest absolute Gasteiger partial charge is 0.497 e. The summed E-state index contributed by atoms with van der Waals surface area (Å²) in [6, 6.07) is 14.0. The molecule has 6 heteroatoms. The van der Waals surface area contributed by atoms with Crippen LogP contribution in [0.1, 0.15) is 34.9 Å². The van der Waals surface area contributed by atoms with E-state index in [0.29, 0.717) is 11.6 Å². The molecule has 0 spiro atoms. The summed E-state index contributed by atoms with van der Waals surface area (Å²) in [5.74, 6) is 1.19. The highest BCUT2D eigenvalue weighted by molar-refractivity contribution is 5.99. The minimum Gasteiger partial charge on any atom is -0.497 e. The predicted octanol–water partition coefficient (Wildman–Crippen LogP) is 4.08. The third-order valence-corrected chi connectivity index (χ3v) is 6.03. The van der Waals surface area contributed by atoms with E-state index < -0.39 is 0 Å². The van der Waals surface area contributed by atoms with Gasteiger partial charge in [0.1, 0.15) is 11.4 Å². The lowest BCUT2D eigenvalue weighted by atomic mass is 9.94. The zero-order valence-electron chi connectivity index (χ0n) is 16.7. The molecule has 0 bridgehead atoms. The Morgan fingerprint density at radius 3 is 2.97 bits per heavy atom. The molecule has 4 heterocycles. The molecule has 3 aromatic heterocycles. The minimum atomic E-state index is 0.0848. The van der Waals surface area contributed by atoms with Crippen LogP contribution in [0.4, 0.5) is 0 Å². The first-order valence-electron chi connectivity index (χ1n) is 10.0. The summed E-state index contributed by atoms with van der Waals surface area (Å²) >= 11 is 0. The van der Waals surface area contributed by atoms with Crippen LogP contribution in [0, 0.1) is 0 Å². The van der Waals surface area contributed by atoms with E-state index in [0.717, 1.165) is 59.3 Å². The summed E-state index contributed by atoms with van der Waals surface area (Å²) in [5.41, 5.74) is 4.94. The number of fused-ring (bicyclic) bond motifs is 2. The number of nitrogens with zero attached hydrogens (tertiary/aromatic N) is 3. The van der Waals surface area contributed by atoms with Crippen molar-refractivity contribution in [1.82, 2.24) is 19.4 Å². The van der Waals surface area contributed by atoms with E-state index >= 15 is 0 Å². The fourth-order valence-electron chi connectivity index (χ4n) is 4.43. The number of benzene rings is 1. The van der Waals surface area contributed by atoms with Gasteiger partial charge >= 0.3 is 0 Å². The normalized spacial score (nSPS) is 17.2. The Balaban J connectivity index is 1.42. The smallest absolute Gasteiger partial charge is 0.270 e. The molecule has 1 N–H and O–H groups in total. The summed E-state index contributed by atoms with van der Waals surface area (Å²) in [7, 11) is 3.61. The molecule has 29 heavy (non-hydrogen) atoms. The number of methoxy groups -OCH3 is 1. The van der Waals surface area contributed by atoms with E-state index in [1.807, 2.05) is 59.1 Å². The van der Waals surface area contributed by atoms with Crippen molar-refractivity contribution >= 4 is 27.8 Å². The minimum absolute atomic E-state index is 0.0848. The van der Waals surface area contributed by atoms with Gasteiger partial charge in [-0.25, -0.2) is 0 Å². The number of pyridine rings is 1. The highest BCUT2D eigenvalue weighted by atomic mass is 16.5. The topological polar surface area (TPSA) is 63.1 Å². The molecule has 0 radical (unpaired) electrons. The number of aromatic nitrogens is 3. The van der Waals surface area contributed by atoms with E-state index in [1.54, 1.807) is 7.11 Å². The molecule has 5 rings (SSSR count). The maximum absolute atomic E-state index is 13.3. The predicted molar refractivity (Wildman–Crippen MR) is 113 cm³/mol. The number of amides is 1. The van der Waals surface area contributed by atoms with Crippen LogP contribution in [0.15, 0.2) is 48.7 Å². The zero-order valence-corrected chi connectivity index (χ0v) is 16.7. The molecular weight excluding hydrogens is 364 g/mol. The number of hydrogen-bond donors (Lipinski definition) is 1. The summed E-state index contributed by atoms with van der Waals surface area (Å²) in [6.45, 7) is 1.51. The molecule has 6 nitrogen and oxygen atoms in total. The van der Waals surface area contributed by atoms with Crippen molar-refractivity contribution in [3.63, 3.8) is 0 Å². The SMILES string of the molecule is COc1ccc2c(c1)cc(C(=O)N1CCC[C@H](c3cc4ncccc4[nH]3)C1)n2C. The highest BCUT2D eigenvalue weighted by Crippen LogP contribution is 2.30. The number of aryl methyl sites for hydroxylation is 1. The van der Waals surface area contributed by atoms with Gasteiger partial charge in [-0.3, -0.25) is 9.78 Å². The zero-order chi connectivity index (χ0) is 20.0. The first kappa shape index (κ1) is 17.8. The first-order chi connectivity index (χ1) is 14.1. The van der Waals surface area contributed by atoms with E-state index in [2.05, 4.69) is 16.0 Å². The number of carbonyl (C=O) groups excluding carboxylic acids is 1. The molecule has 1 saturated heterocycles. The maximum Gasteiger partial charge on any atom is 0.270 e. The highest BCUT2D eigenvalue weighted by Gasteiger charge is 2.28. The van der Waals surface area contributed by atoms with Crippen LogP contribution in [0.5, 0.6) is 5.75 Å². The maximum atomic E-state index is 13.3. The van der Waals surface area contributed by atoms with Crippen LogP contribution in [0.3, 0.4) is 0 Å². The number of piperidine rings is 1. The van der Waals surface area contributed by atoms with Crippen LogP contribution < -0.4 is 4.74 Å². The van der Waals surface area contributed by atoms with Crippen molar-refractivity contribution < 1.29 is 9.53 Å². The summed E-state index contributed by atoms with van der Waals surface area (Å²) in [4.78, 5) is 23.2. The number of nitrogens with one attached hydrogen (secondary N) is 1. The van der Waals surface area contributed by atoms with Crippen LogP contribution in [0.25, 0.3) is 21.9 Å². The van der Waals surface area contributed by atoms with Crippen molar-refractivity contribution in [3.05, 3.63) is 60.0 Å². The molecule has 1 aliphatic heterocycles. The summed E-state index contributed by atoms with van der Waals surface area (Å²) in [6.07, 6.45) is 3.88. The van der Waals surface area contributed by atoms with Crippen molar-refractivity contribution in [2.45, 2.75) is 18.8 Å². The van der Waals surface area contributed by atoms with Gasteiger partial charge in [-0.05, 0) is 55.3 Å². The van der Waals surface area contributed by atoms with Crippen LogP contribution in [-0.2, 0) is 7.05 Å². The van der Waals surface area contributed by atoms with Gasteiger partial charge in [0.05, 0.1) is 18.1 Å². The molecular formula is C23H24N4O2. The van der Waals surface area contributed by atoms with Gasteiger partial charge in [0, 0.05) is 48.8 Å². The molecule has 0 saturated carbocycles. The quantitative estimate of drug-likeness (QED) is 0.575. The van der Waals surface area contributed by atoms with E-state index in [-0.39, 0.29) is 5.91 Å². The fourth-order valence-corrected chi connectivity index (χ4v) is 4.43. The third kappa shape index (κ3) is 3.05. The van der Waals surface area contributed by atoms with Crippen molar-refractivity contribution in [1.29, 1.82) is 0 Å². The Labute approximate surface area is 169 Å². The molecule has 1 atom stereocenters. The number of carbonyl (C=O) groups is 1. The molecule has 0 aliphatic carbocycles. The van der Waals surface area contributed by atoms with Gasteiger partial charge in [0.15, 0.2) is 0 Å². The Bertz CT molecular complexity index is 1170. The molecule has 0 unspecified atom stereocenters. The lowest BCUT2D eigenvalue weighted by molar-refractivity contribution is 0.0697. The lowest BCUT2D eigenvalue weighted by Gasteiger charge is -2.32. The molecule has 1 aromatic carbocycles. The van der Waals surface area contributed by atoms with Gasteiger partial charge in [0.25, 0.3) is 5.91 Å². The number of aromatic amines is 1. The second kappa shape index (κ2) is 6.95. The standard InChI is InChI=1S/C23H24N4O2/c1-26-21-8-7-17(29-2)11-16(21)12-22(26)23(28)27-10-4-5-15(14-27)19-13-20-18(25-19)6-3-9-24-20/h3,6-9,11-13,15,25H,4-5,10,14H2,1-2H3/t15-/m0/s1. The summed E-state index contributed by atoms with van der Waals surface area (Å²) < 4.78 is 7.30. The molecule has 1 amide bonds. The van der Waals surface area contributed by atoms with Gasteiger partial charge < -0.3 is 19.2 Å². The van der Waals surface area contributed by atoms with E-state index in [1.165, 1.54) is 0 Å². The van der Waals surface area contributed by atoms with Gasteiger partial charge in [-0.2, -0.15) is 0 Å². The Kier molecular flexibility index (Phi) is 4.27. The number of ether oxygens (including phenoxy) is 1. The van der Waals surface area contributed by atoms with E-state index in [4.69, 9.17) is 4.74 Å². The van der Waals surface area contributed by atoms with Crippen LogP contribution >= 0.6 is 0 Å². The second-order valence-electron chi connectivity index (χ2n) is 7.76. The number of hydrogen-bond acceptors (Lipinski definition) is 3. The van der Waals surface area contributed by atoms with Gasteiger partial charge in [-0.15, -0.1) is 0 Å². The van der Waals surface area contributed by atoms with Crippen molar-refractivity contribution in [2.75, 3.05) is 20.2 Å². The third-order valence-electron chi connectivity index (χ3n) is 6.03. The van der Waals surface area contributed by atoms with Crippen molar-refractivity contribution in [2.24, 2.45) is 7.05 Å². The Hall–Kier alpha value is -3.28. The van der Waals surface area contributed by atoms with Crippen LogP contribution in [0.2, 0.25) is 0 Å². The Morgan fingerprint density at radius 1 is 1.24 bits per heavy atom. The van der Waals surface area contributed by atoms with Gasteiger partial charge in [0.2, 0.25) is 0 Å². The Morgan fingerprint density at radius 2 is 2.14 bits per heavy atom. The van der Waals surface area contributed by atoms with Crippen molar-refractivity contribution in [3.8, 4) is 5.75 Å². The average molecular weight is 388 g/mol. The molecule has 148 valence electrons. The van der Waals surface area contributed by atoms with Crippen LogP contribution in [-0.4, -0.2) is 45.5 Å². The molecule has 4 aromatic rings. The molecule has 1 fully saturated rings.